The van der Waals surface area contributed by atoms with Gasteiger partial charge in [0.1, 0.15) is 5.82 Å². The summed E-state index contributed by atoms with van der Waals surface area (Å²) in [4.78, 5) is 10.9. The normalized spacial score (nSPS) is 20.1. The molecule has 0 radical (unpaired) electrons. The van der Waals surface area contributed by atoms with E-state index < -0.39 is 0 Å². The van der Waals surface area contributed by atoms with Gasteiger partial charge in [-0.15, -0.1) is 0 Å². The molecule has 0 saturated carbocycles. The second-order valence-corrected chi connectivity index (χ2v) is 3.66. The quantitative estimate of drug-likeness (QED) is 0.790. The Labute approximate surface area is 87.7 Å². The zero-order chi connectivity index (χ0) is 10.7. The number of carbonyl (C=O) groups excluding carboxylic acids is 1. The average molecular weight is 208 g/mol. The molecule has 1 unspecified atom stereocenters. The lowest BCUT2D eigenvalue weighted by Gasteiger charge is -2.12. The van der Waals surface area contributed by atoms with Gasteiger partial charge in [-0.05, 0) is 18.6 Å². The fourth-order valence-corrected chi connectivity index (χ4v) is 1.67. The van der Waals surface area contributed by atoms with E-state index in [1.807, 2.05) is 0 Å². The second-order valence-electron chi connectivity index (χ2n) is 3.66. The number of benzene rings is 1. The minimum absolute atomic E-state index is 0.0790. The molecule has 4 heteroatoms. The van der Waals surface area contributed by atoms with Crippen LogP contribution in [0.25, 0.3) is 0 Å². The van der Waals surface area contributed by atoms with Crippen LogP contribution in [0.15, 0.2) is 24.3 Å². The van der Waals surface area contributed by atoms with Gasteiger partial charge in [-0.2, -0.15) is 0 Å². The number of para-hydroxylation sites is 1. The van der Waals surface area contributed by atoms with Crippen molar-refractivity contribution in [1.29, 1.82) is 0 Å². The highest BCUT2D eigenvalue weighted by Crippen LogP contribution is 2.13. The summed E-state index contributed by atoms with van der Waals surface area (Å²) in [6, 6.07) is 6.65. The third-order valence-electron chi connectivity index (χ3n) is 2.50. The minimum atomic E-state index is -0.262. The SMILES string of the molecule is O=C1CCC(CNc2ccccc2F)N1. The molecule has 1 aromatic carbocycles. The van der Waals surface area contributed by atoms with Gasteiger partial charge in [0, 0.05) is 19.0 Å². The van der Waals surface area contributed by atoms with Crippen LogP contribution in [0.5, 0.6) is 0 Å². The lowest BCUT2D eigenvalue weighted by molar-refractivity contribution is -0.119. The molecular weight excluding hydrogens is 195 g/mol. The van der Waals surface area contributed by atoms with Gasteiger partial charge in [0.2, 0.25) is 5.91 Å². The van der Waals surface area contributed by atoms with Crippen molar-refractivity contribution in [3.8, 4) is 0 Å². The average Bonchev–Trinajstić information content (AvgIpc) is 2.63. The highest BCUT2D eigenvalue weighted by Gasteiger charge is 2.20. The first-order valence-corrected chi connectivity index (χ1v) is 5.03. The Bertz CT molecular complexity index is 367. The first-order valence-electron chi connectivity index (χ1n) is 5.03. The van der Waals surface area contributed by atoms with E-state index in [-0.39, 0.29) is 17.8 Å². The maximum Gasteiger partial charge on any atom is 0.220 e. The van der Waals surface area contributed by atoms with Crippen LogP contribution in [-0.2, 0) is 4.79 Å². The lowest BCUT2D eigenvalue weighted by Crippen LogP contribution is -2.31. The molecule has 2 N–H and O–H groups in total. The van der Waals surface area contributed by atoms with Gasteiger partial charge in [-0.25, -0.2) is 4.39 Å². The van der Waals surface area contributed by atoms with E-state index in [1.54, 1.807) is 18.2 Å². The van der Waals surface area contributed by atoms with Gasteiger partial charge in [-0.1, -0.05) is 12.1 Å². The van der Waals surface area contributed by atoms with Crippen molar-refractivity contribution in [3.05, 3.63) is 30.1 Å². The molecule has 80 valence electrons. The maximum atomic E-state index is 13.2. The molecule has 1 aromatic rings. The third kappa shape index (κ3) is 2.46. The maximum absolute atomic E-state index is 13.2. The molecule has 1 saturated heterocycles. The van der Waals surface area contributed by atoms with Gasteiger partial charge in [0.25, 0.3) is 0 Å². The number of rotatable bonds is 3. The van der Waals surface area contributed by atoms with E-state index in [9.17, 15) is 9.18 Å². The molecule has 1 heterocycles. The predicted octanol–water partition coefficient (Wildman–Crippen LogP) is 1.52. The third-order valence-corrected chi connectivity index (χ3v) is 2.50. The molecule has 0 aromatic heterocycles. The van der Waals surface area contributed by atoms with Crippen LogP contribution in [0.1, 0.15) is 12.8 Å². The Balaban J connectivity index is 1.88. The summed E-state index contributed by atoms with van der Waals surface area (Å²) in [7, 11) is 0. The Morgan fingerprint density at radius 1 is 1.47 bits per heavy atom. The Morgan fingerprint density at radius 3 is 2.93 bits per heavy atom. The smallest absolute Gasteiger partial charge is 0.220 e. The highest BCUT2D eigenvalue weighted by atomic mass is 19.1. The fourth-order valence-electron chi connectivity index (χ4n) is 1.67. The Kier molecular flexibility index (Phi) is 2.85. The van der Waals surface area contributed by atoms with E-state index in [0.29, 0.717) is 18.7 Å². The van der Waals surface area contributed by atoms with Crippen LogP contribution in [0.3, 0.4) is 0 Å². The molecular formula is C11H13FN2O. The predicted molar refractivity (Wildman–Crippen MR) is 56.1 cm³/mol. The molecule has 0 spiro atoms. The molecule has 2 rings (SSSR count). The first-order chi connectivity index (χ1) is 7.25. The number of carbonyl (C=O) groups is 1. The molecule has 1 atom stereocenters. The standard InChI is InChI=1S/C11H13FN2O/c12-9-3-1-2-4-10(9)13-7-8-5-6-11(15)14-8/h1-4,8,13H,5-7H2,(H,14,15). The van der Waals surface area contributed by atoms with Crippen molar-refractivity contribution < 1.29 is 9.18 Å². The number of hydrogen-bond acceptors (Lipinski definition) is 2. The topological polar surface area (TPSA) is 41.1 Å². The first kappa shape index (κ1) is 9.96. The minimum Gasteiger partial charge on any atom is -0.381 e. The Hall–Kier alpha value is -1.58. The second kappa shape index (κ2) is 4.29. The summed E-state index contributed by atoms with van der Waals surface area (Å²) in [6.07, 6.45) is 1.39. The van der Waals surface area contributed by atoms with Crippen LogP contribution >= 0.6 is 0 Å². The van der Waals surface area contributed by atoms with Crippen molar-refractivity contribution in [3.63, 3.8) is 0 Å². The summed E-state index contributed by atoms with van der Waals surface area (Å²) in [5, 5.41) is 5.81. The van der Waals surface area contributed by atoms with Crippen molar-refractivity contribution in [2.75, 3.05) is 11.9 Å². The molecule has 3 nitrogen and oxygen atoms in total. The van der Waals surface area contributed by atoms with Crippen molar-refractivity contribution >= 4 is 11.6 Å². The number of amides is 1. The van der Waals surface area contributed by atoms with Crippen LogP contribution in [0.4, 0.5) is 10.1 Å². The molecule has 15 heavy (non-hydrogen) atoms. The summed E-state index contributed by atoms with van der Waals surface area (Å²) in [5.41, 5.74) is 0.485. The van der Waals surface area contributed by atoms with E-state index in [2.05, 4.69) is 10.6 Å². The summed E-state index contributed by atoms with van der Waals surface area (Å²) in [5.74, 6) is -0.183. The number of halogens is 1. The molecule has 1 fully saturated rings. The van der Waals surface area contributed by atoms with Crippen molar-refractivity contribution in [2.45, 2.75) is 18.9 Å². The van der Waals surface area contributed by atoms with Crippen molar-refractivity contribution in [1.82, 2.24) is 5.32 Å². The van der Waals surface area contributed by atoms with E-state index in [1.165, 1.54) is 6.07 Å². The van der Waals surface area contributed by atoms with Gasteiger partial charge >= 0.3 is 0 Å². The summed E-state index contributed by atoms with van der Waals surface area (Å²) in [6.45, 7) is 0.576. The largest absolute Gasteiger partial charge is 0.381 e. The number of nitrogens with one attached hydrogen (secondary N) is 2. The number of hydrogen-bond donors (Lipinski definition) is 2. The van der Waals surface area contributed by atoms with Crippen LogP contribution < -0.4 is 10.6 Å². The van der Waals surface area contributed by atoms with Gasteiger partial charge < -0.3 is 10.6 Å². The van der Waals surface area contributed by atoms with Gasteiger partial charge in [0.05, 0.1) is 5.69 Å². The molecule has 1 aliphatic heterocycles. The summed E-state index contributed by atoms with van der Waals surface area (Å²) >= 11 is 0. The zero-order valence-electron chi connectivity index (χ0n) is 8.29. The summed E-state index contributed by atoms with van der Waals surface area (Å²) < 4.78 is 13.2. The van der Waals surface area contributed by atoms with E-state index >= 15 is 0 Å². The van der Waals surface area contributed by atoms with Gasteiger partial charge in [0.15, 0.2) is 0 Å². The van der Waals surface area contributed by atoms with Gasteiger partial charge in [-0.3, -0.25) is 4.79 Å². The van der Waals surface area contributed by atoms with Crippen LogP contribution in [0, 0.1) is 5.82 Å². The van der Waals surface area contributed by atoms with E-state index in [4.69, 9.17) is 0 Å². The molecule has 1 aliphatic rings. The fraction of sp³-hybridized carbons (Fsp3) is 0.364. The molecule has 1 amide bonds. The zero-order valence-corrected chi connectivity index (χ0v) is 8.29. The lowest BCUT2D eigenvalue weighted by atomic mass is 10.2. The van der Waals surface area contributed by atoms with Crippen molar-refractivity contribution in [2.24, 2.45) is 0 Å². The molecule has 0 bridgehead atoms. The molecule has 0 aliphatic carbocycles. The Morgan fingerprint density at radius 2 is 2.27 bits per heavy atom. The highest BCUT2D eigenvalue weighted by molar-refractivity contribution is 5.78. The van der Waals surface area contributed by atoms with Crippen LogP contribution in [0.2, 0.25) is 0 Å². The number of anilines is 1. The van der Waals surface area contributed by atoms with E-state index in [0.717, 1.165) is 6.42 Å². The van der Waals surface area contributed by atoms with Crippen LogP contribution in [-0.4, -0.2) is 18.5 Å². The monoisotopic (exact) mass is 208 g/mol.